The van der Waals surface area contributed by atoms with Gasteiger partial charge in [0.15, 0.2) is 0 Å². The number of aliphatic carboxylic acids is 1. The van der Waals surface area contributed by atoms with Crippen LogP contribution >= 0.6 is 0 Å². The summed E-state index contributed by atoms with van der Waals surface area (Å²) in [5.74, 6) is -2.28. The van der Waals surface area contributed by atoms with E-state index in [0.717, 1.165) is 6.42 Å². The molecule has 0 aromatic heterocycles. The fraction of sp³-hybridized carbons (Fsp3) is 0.667. The van der Waals surface area contributed by atoms with Crippen LogP contribution in [0.2, 0.25) is 0 Å². The van der Waals surface area contributed by atoms with Gasteiger partial charge in [-0.3, -0.25) is 4.79 Å². The van der Waals surface area contributed by atoms with E-state index in [4.69, 9.17) is 15.6 Å². The Hall–Kier alpha value is -1.20. The van der Waals surface area contributed by atoms with Gasteiger partial charge in [-0.2, -0.15) is 8.78 Å². The fourth-order valence-corrected chi connectivity index (χ4v) is 0.246. The predicted molar refractivity (Wildman–Crippen MR) is 37.7 cm³/mol. The first-order valence-electron chi connectivity index (χ1n) is 3.21. The lowest BCUT2D eigenvalue weighted by Gasteiger charge is -1.81. The summed E-state index contributed by atoms with van der Waals surface area (Å²) in [5, 5.41) is 7.24. The van der Waals surface area contributed by atoms with E-state index in [0.29, 0.717) is 6.42 Å². The summed E-state index contributed by atoms with van der Waals surface area (Å²) >= 11 is 0. The molecule has 0 aromatic rings. The highest BCUT2D eigenvalue weighted by Crippen LogP contribution is 1.87. The van der Waals surface area contributed by atoms with Crippen LogP contribution in [0, 0.1) is 0 Å². The topological polar surface area (TPSA) is 80.4 Å². The van der Waals surface area contributed by atoms with Crippen LogP contribution in [0.15, 0.2) is 0 Å². The van der Waals surface area contributed by atoms with Gasteiger partial charge in [0.1, 0.15) is 0 Å². The maximum Gasteiger partial charge on any atom is 0.371 e. The number of hydrogen-bond acceptors (Lipinski definition) is 2. The Bertz CT molecular complexity index is 150. The van der Waals surface area contributed by atoms with Crippen LogP contribution in [0.3, 0.4) is 0 Å². The molecule has 4 nitrogen and oxygen atoms in total. The molecule has 0 fully saturated rings. The first kappa shape index (κ1) is 13.4. The Kier molecular flexibility index (Phi) is 8.82. The number of halogens is 2. The van der Waals surface area contributed by atoms with Gasteiger partial charge in [-0.15, -0.1) is 0 Å². The number of carbonyl (C=O) groups excluding carboxylic acids is 1. The molecule has 0 radical (unpaired) electrons. The Labute approximate surface area is 68.4 Å². The molecule has 0 aliphatic heterocycles. The summed E-state index contributed by atoms with van der Waals surface area (Å²) < 4.78 is 21.1. The highest BCUT2D eigenvalue weighted by Gasteiger charge is 2.10. The lowest BCUT2D eigenvalue weighted by atomic mass is 10.3. The highest BCUT2D eigenvalue weighted by molar-refractivity contribution is 5.73. The fourth-order valence-electron chi connectivity index (χ4n) is 0.246. The van der Waals surface area contributed by atoms with Gasteiger partial charge >= 0.3 is 12.4 Å². The van der Waals surface area contributed by atoms with Crippen LogP contribution in [-0.2, 0) is 9.59 Å². The van der Waals surface area contributed by atoms with E-state index in [9.17, 15) is 13.6 Å². The van der Waals surface area contributed by atoms with Gasteiger partial charge in [0.2, 0.25) is 5.91 Å². The summed E-state index contributed by atoms with van der Waals surface area (Å²) in [7, 11) is 0. The van der Waals surface area contributed by atoms with E-state index < -0.39 is 12.4 Å². The van der Waals surface area contributed by atoms with Crippen molar-refractivity contribution in [3.05, 3.63) is 0 Å². The molecule has 0 saturated carbocycles. The monoisotopic (exact) mass is 183 g/mol. The van der Waals surface area contributed by atoms with Crippen molar-refractivity contribution in [1.82, 2.24) is 0 Å². The molecular weight excluding hydrogens is 172 g/mol. The molecule has 1 amide bonds. The molecule has 12 heavy (non-hydrogen) atoms. The Morgan fingerprint density at radius 3 is 1.83 bits per heavy atom. The number of carboxylic acids is 1. The van der Waals surface area contributed by atoms with Crippen LogP contribution in [0.25, 0.3) is 0 Å². The number of amides is 1. The van der Waals surface area contributed by atoms with Gasteiger partial charge in [-0.25, -0.2) is 4.79 Å². The molecule has 0 saturated heterocycles. The van der Waals surface area contributed by atoms with E-state index in [1.165, 1.54) is 0 Å². The molecule has 0 rings (SSSR count). The Morgan fingerprint density at radius 1 is 1.50 bits per heavy atom. The van der Waals surface area contributed by atoms with Crippen LogP contribution < -0.4 is 5.73 Å². The number of rotatable bonds is 3. The van der Waals surface area contributed by atoms with Crippen molar-refractivity contribution >= 4 is 11.9 Å². The predicted octanol–water partition coefficient (Wildman–Crippen LogP) is 0.608. The normalized spacial score (nSPS) is 8.67. The third-order valence-electron chi connectivity index (χ3n) is 0.683. The molecule has 3 N–H and O–H groups in total. The Morgan fingerprint density at radius 2 is 1.83 bits per heavy atom. The second-order valence-electron chi connectivity index (χ2n) is 1.86. The van der Waals surface area contributed by atoms with Crippen molar-refractivity contribution in [3.8, 4) is 0 Å². The van der Waals surface area contributed by atoms with Crippen molar-refractivity contribution < 1.29 is 23.5 Å². The molecule has 6 heteroatoms. The maximum atomic E-state index is 10.6. The van der Waals surface area contributed by atoms with Gasteiger partial charge in [-0.05, 0) is 6.42 Å². The quantitative estimate of drug-likeness (QED) is 0.672. The number of alkyl halides is 2. The van der Waals surface area contributed by atoms with Gasteiger partial charge < -0.3 is 10.8 Å². The van der Waals surface area contributed by atoms with E-state index >= 15 is 0 Å². The molecular formula is C6H11F2NO3. The SMILES string of the molecule is CCCC(N)=O.O=C(O)C(F)F. The smallest absolute Gasteiger partial charge is 0.371 e. The minimum atomic E-state index is -3.23. The molecule has 0 aliphatic rings. The third kappa shape index (κ3) is 15.9. The molecule has 72 valence electrons. The van der Waals surface area contributed by atoms with E-state index in [-0.39, 0.29) is 5.91 Å². The minimum Gasteiger partial charge on any atom is -0.477 e. The van der Waals surface area contributed by atoms with Crippen molar-refractivity contribution in [2.75, 3.05) is 0 Å². The van der Waals surface area contributed by atoms with E-state index in [2.05, 4.69) is 0 Å². The lowest BCUT2D eigenvalue weighted by Crippen LogP contribution is -2.08. The second kappa shape index (κ2) is 7.90. The summed E-state index contributed by atoms with van der Waals surface area (Å²) in [4.78, 5) is 18.8. The number of primary amides is 1. The maximum absolute atomic E-state index is 10.6. The molecule has 0 atom stereocenters. The van der Waals surface area contributed by atoms with Gasteiger partial charge in [0.25, 0.3) is 0 Å². The van der Waals surface area contributed by atoms with Gasteiger partial charge in [0, 0.05) is 6.42 Å². The van der Waals surface area contributed by atoms with Gasteiger partial charge in [0.05, 0.1) is 0 Å². The van der Waals surface area contributed by atoms with Crippen LogP contribution in [-0.4, -0.2) is 23.4 Å². The number of carbonyl (C=O) groups is 2. The van der Waals surface area contributed by atoms with Crippen molar-refractivity contribution in [1.29, 1.82) is 0 Å². The van der Waals surface area contributed by atoms with Crippen molar-refractivity contribution in [2.24, 2.45) is 5.73 Å². The Balaban J connectivity index is 0. The zero-order valence-corrected chi connectivity index (χ0v) is 6.59. The average molecular weight is 183 g/mol. The van der Waals surface area contributed by atoms with Crippen molar-refractivity contribution in [3.63, 3.8) is 0 Å². The van der Waals surface area contributed by atoms with E-state index in [1.54, 1.807) is 0 Å². The zero-order chi connectivity index (χ0) is 10.1. The summed E-state index contributed by atoms with van der Waals surface area (Å²) in [6.45, 7) is 1.92. The van der Waals surface area contributed by atoms with Gasteiger partial charge in [-0.1, -0.05) is 6.92 Å². The molecule has 0 spiro atoms. The first-order chi connectivity index (χ1) is 5.41. The highest BCUT2D eigenvalue weighted by atomic mass is 19.3. The van der Waals surface area contributed by atoms with Crippen LogP contribution in [0.4, 0.5) is 8.78 Å². The largest absolute Gasteiger partial charge is 0.477 e. The molecule has 0 heterocycles. The first-order valence-corrected chi connectivity index (χ1v) is 3.21. The number of carboxylic acid groups (broad SMARTS) is 1. The van der Waals surface area contributed by atoms with Crippen molar-refractivity contribution in [2.45, 2.75) is 26.2 Å². The second-order valence-corrected chi connectivity index (χ2v) is 1.86. The lowest BCUT2D eigenvalue weighted by molar-refractivity contribution is -0.149. The molecule has 0 aromatic carbocycles. The summed E-state index contributed by atoms with van der Waals surface area (Å²) in [5.41, 5.74) is 4.76. The standard InChI is InChI=1S/C4H9NO.C2H2F2O2/c1-2-3-4(5)6;3-1(4)2(5)6/h2-3H2,1H3,(H2,5,6);1H,(H,5,6). The van der Waals surface area contributed by atoms with Crippen LogP contribution in [0.1, 0.15) is 19.8 Å². The van der Waals surface area contributed by atoms with E-state index in [1.807, 2.05) is 6.92 Å². The summed E-state index contributed by atoms with van der Waals surface area (Å²) in [6.07, 6.45) is -1.86. The summed E-state index contributed by atoms with van der Waals surface area (Å²) in [6, 6.07) is 0. The molecule has 0 unspecified atom stereocenters. The number of hydrogen-bond donors (Lipinski definition) is 2. The molecule has 0 aliphatic carbocycles. The number of nitrogens with two attached hydrogens (primary N) is 1. The molecule has 0 bridgehead atoms. The zero-order valence-electron chi connectivity index (χ0n) is 6.59. The third-order valence-corrected chi connectivity index (χ3v) is 0.683. The minimum absolute atomic E-state index is 0.211. The van der Waals surface area contributed by atoms with Crippen LogP contribution in [0.5, 0.6) is 0 Å². The average Bonchev–Trinajstić information content (AvgIpc) is 1.87.